The molecule has 1 heterocycles. The van der Waals surface area contributed by atoms with Crippen LogP contribution in [-0.4, -0.2) is 38.9 Å². The standard InChI is InChI=1S/C10H15N3O4/c1-2-10(6-14,7-15)12-9-8(13(16)17)4-3-5-11-9/h3-5,14-15H,2,6-7H2,1H3,(H,11,12). The molecule has 94 valence electrons. The Hall–Kier alpha value is -1.73. The third-order valence-electron chi connectivity index (χ3n) is 2.65. The lowest BCUT2D eigenvalue weighted by Gasteiger charge is -2.29. The lowest BCUT2D eigenvalue weighted by Crippen LogP contribution is -2.45. The maximum absolute atomic E-state index is 10.8. The minimum Gasteiger partial charge on any atom is -0.394 e. The molecule has 0 unspecified atom stereocenters. The largest absolute Gasteiger partial charge is 0.394 e. The van der Waals surface area contributed by atoms with Gasteiger partial charge in [0.15, 0.2) is 0 Å². The normalized spacial score (nSPS) is 11.2. The highest BCUT2D eigenvalue weighted by atomic mass is 16.6. The first kappa shape index (κ1) is 13.3. The van der Waals surface area contributed by atoms with E-state index in [1.165, 1.54) is 18.3 Å². The Bertz CT molecular complexity index is 385. The number of nitrogens with zero attached hydrogens (tertiary/aromatic N) is 2. The van der Waals surface area contributed by atoms with Gasteiger partial charge in [0.2, 0.25) is 5.82 Å². The van der Waals surface area contributed by atoms with Gasteiger partial charge < -0.3 is 15.5 Å². The van der Waals surface area contributed by atoms with Gasteiger partial charge in [0, 0.05) is 12.3 Å². The summed E-state index contributed by atoms with van der Waals surface area (Å²) in [5, 5.41) is 32.0. The molecule has 7 heteroatoms. The minimum absolute atomic E-state index is 0.0439. The predicted molar refractivity (Wildman–Crippen MR) is 61.7 cm³/mol. The maximum atomic E-state index is 10.8. The molecule has 0 amide bonds. The van der Waals surface area contributed by atoms with E-state index in [0.717, 1.165) is 0 Å². The maximum Gasteiger partial charge on any atom is 0.311 e. The van der Waals surface area contributed by atoms with Crippen LogP contribution in [0.5, 0.6) is 0 Å². The fraction of sp³-hybridized carbons (Fsp3) is 0.500. The van der Waals surface area contributed by atoms with Gasteiger partial charge in [0.25, 0.3) is 0 Å². The number of nitrogens with one attached hydrogen (secondary N) is 1. The van der Waals surface area contributed by atoms with Crippen molar-refractivity contribution in [1.82, 2.24) is 4.98 Å². The Morgan fingerprint density at radius 1 is 1.53 bits per heavy atom. The van der Waals surface area contributed by atoms with Gasteiger partial charge in [-0.05, 0) is 12.5 Å². The number of aromatic nitrogens is 1. The lowest BCUT2D eigenvalue weighted by atomic mass is 9.98. The molecule has 0 bridgehead atoms. The molecule has 0 aromatic carbocycles. The summed E-state index contributed by atoms with van der Waals surface area (Å²) in [5.74, 6) is 0.0439. The topological polar surface area (TPSA) is 109 Å². The number of hydrogen-bond donors (Lipinski definition) is 3. The van der Waals surface area contributed by atoms with Crippen LogP contribution >= 0.6 is 0 Å². The molecule has 1 rings (SSSR count). The molecule has 7 nitrogen and oxygen atoms in total. The van der Waals surface area contributed by atoms with Crippen molar-refractivity contribution in [2.45, 2.75) is 18.9 Å². The Balaban J connectivity index is 3.05. The average molecular weight is 241 g/mol. The number of rotatable bonds is 6. The van der Waals surface area contributed by atoms with Crippen LogP contribution < -0.4 is 5.32 Å². The third kappa shape index (κ3) is 2.89. The summed E-state index contributed by atoms with van der Waals surface area (Å²) in [5.41, 5.74) is -1.19. The molecule has 0 spiro atoms. The summed E-state index contributed by atoms with van der Waals surface area (Å²) < 4.78 is 0. The number of aliphatic hydroxyl groups excluding tert-OH is 2. The molecule has 0 saturated heterocycles. The van der Waals surface area contributed by atoms with E-state index in [0.29, 0.717) is 6.42 Å². The second kappa shape index (κ2) is 5.55. The first-order chi connectivity index (χ1) is 8.08. The van der Waals surface area contributed by atoms with E-state index < -0.39 is 10.5 Å². The van der Waals surface area contributed by atoms with Gasteiger partial charge in [-0.3, -0.25) is 10.1 Å². The lowest BCUT2D eigenvalue weighted by molar-refractivity contribution is -0.384. The number of pyridine rings is 1. The number of anilines is 1. The number of aliphatic hydroxyl groups is 2. The number of hydrogen-bond acceptors (Lipinski definition) is 6. The van der Waals surface area contributed by atoms with Gasteiger partial charge in [0.05, 0.1) is 23.7 Å². The summed E-state index contributed by atoms with van der Waals surface area (Å²) in [6.45, 7) is 1.08. The average Bonchev–Trinajstić information content (AvgIpc) is 2.36. The summed E-state index contributed by atoms with van der Waals surface area (Å²) in [7, 11) is 0. The molecule has 0 atom stereocenters. The summed E-state index contributed by atoms with van der Waals surface area (Å²) in [6.07, 6.45) is 1.82. The van der Waals surface area contributed by atoms with Gasteiger partial charge in [-0.15, -0.1) is 0 Å². The molecule has 0 saturated carbocycles. The van der Waals surface area contributed by atoms with Gasteiger partial charge in [-0.25, -0.2) is 4.98 Å². The van der Waals surface area contributed by atoms with E-state index in [1.54, 1.807) is 6.92 Å². The van der Waals surface area contributed by atoms with Crippen molar-refractivity contribution in [3.8, 4) is 0 Å². The molecule has 0 aliphatic rings. The van der Waals surface area contributed by atoms with Crippen LogP contribution in [0, 0.1) is 10.1 Å². The summed E-state index contributed by atoms with van der Waals surface area (Å²) >= 11 is 0. The molecule has 17 heavy (non-hydrogen) atoms. The Morgan fingerprint density at radius 3 is 2.65 bits per heavy atom. The molecule has 1 aromatic rings. The molecular formula is C10H15N3O4. The molecule has 3 N–H and O–H groups in total. The van der Waals surface area contributed by atoms with Crippen LogP contribution in [0.25, 0.3) is 0 Å². The third-order valence-corrected chi connectivity index (χ3v) is 2.65. The van der Waals surface area contributed by atoms with E-state index in [9.17, 15) is 20.3 Å². The van der Waals surface area contributed by atoms with Crippen molar-refractivity contribution in [2.75, 3.05) is 18.5 Å². The predicted octanol–water partition coefficient (Wildman–Crippen LogP) is 0.535. The van der Waals surface area contributed by atoms with Crippen molar-refractivity contribution in [3.05, 3.63) is 28.4 Å². The minimum atomic E-state index is -1.00. The Morgan fingerprint density at radius 2 is 2.18 bits per heavy atom. The van der Waals surface area contributed by atoms with Gasteiger partial charge in [-0.2, -0.15) is 0 Å². The second-order valence-corrected chi connectivity index (χ2v) is 3.70. The van der Waals surface area contributed by atoms with Gasteiger partial charge >= 0.3 is 5.69 Å². The van der Waals surface area contributed by atoms with Crippen LogP contribution in [0.2, 0.25) is 0 Å². The van der Waals surface area contributed by atoms with E-state index in [-0.39, 0.29) is 24.7 Å². The van der Waals surface area contributed by atoms with Crippen LogP contribution in [0.3, 0.4) is 0 Å². The van der Waals surface area contributed by atoms with Crippen molar-refractivity contribution in [1.29, 1.82) is 0 Å². The first-order valence-corrected chi connectivity index (χ1v) is 5.18. The van der Waals surface area contributed by atoms with Crippen LogP contribution in [0.4, 0.5) is 11.5 Å². The van der Waals surface area contributed by atoms with Crippen molar-refractivity contribution >= 4 is 11.5 Å². The molecule has 0 radical (unpaired) electrons. The monoisotopic (exact) mass is 241 g/mol. The number of nitro groups is 1. The highest BCUT2D eigenvalue weighted by molar-refractivity contribution is 5.56. The van der Waals surface area contributed by atoms with Crippen LogP contribution in [0.1, 0.15) is 13.3 Å². The summed E-state index contributed by atoms with van der Waals surface area (Å²) in [4.78, 5) is 14.1. The molecule has 0 aliphatic heterocycles. The molecule has 0 aliphatic carbocycles. The zero-order valence-electron chi connectivity index (χ0n) is 9.46. The second-order valence-electron chi connectivity index (χ2n) is 3.70. The van der Waals surface area contributed by atoms with E-state index in [2.05, 4.69) is 10.3 Å². The molecule has 0 fully saturated rings. The Kier molecular flexibility index (Phi) is 4.36. The quantitative estimate of drug-likeness (QED) is 0.495. The summed E-state index contributed by atoms with van der Waals surface area (Å²) in [6, 6.07) is 2.76. The SMILES string of the molecule is CCC(CO)(CO)Nc1ncccc1[N+](=O)[O-]. The van der Waals surface area contributed by atoms with Crippen LogP contribution in [-0.2, 0) is 0 Å². The van der Waals surface area contributed by atoms with Crippen molar-refractivity contribution in [3.63, 3.8) is 0 Å². The highest BCUT2D eigenvalue weighted by Gasteiger charge is 2.29. The van der Waals surface area contributed by atoms with Gasteiger partial charge in [-0.1, -0.05) is 6.92 Å². The van der Waals surface area contributed by atoms with E-state index in [4.69, 9.17) is 0 Å². The zero-order chi connectivity index (χ0) is 12.9. The van der Waals surface area contributed by atoms with Crippen molar-refractivity contribution in [2.24, 2.45) is 0 Å². The Labute approximate surface area is 98.3 Å². The fourth-order valence-corrected chi connectivity index (χ4v) is 1.33. The van der Waals surface area contributed by atoms with E-state index in [1.807, 2.05) is 0 Å². The highest BCUT2D eigenvalue weighted by Crippen LogP contribution is 2.25. The smallest absolute Gasteiger partial charge is 0.311 e. The van der Waals surface area contributed by atoms with Gasteiger partial charge in [0.1, 0.15) is 0 Å². The zero-order valence-corrected chi connectivity index (χ0v) is 9.46. The molecule has 1 aromatic heterocycles. The van der Waals surface area contributed by atoms with Crippen LogP contribution in [0.15, 0.2) is 18.3 Å². The molecular weight excluding hydrogens is 226 g/mol. The van der Waals surface area contributed by atoms with E-state index >= 15 is 0 Å². The first-order valence-electron chi connectivity index (χ1n) is 5.18. The van der Waals surface area contributed by atoms with Crippen molar-refractivity contribution < 1.29 is 15.1 Å². The fourth-order valence-electron chi connectivity index (χ4n) is 1.33.